The number of carbonyl (C=O) groups is 1. The number of benzene rings is 1. The number of anilines is 1. The maximum Gasteiger partial charge on any atom is 0.266 e. The number of aromatic nitrogens is 2. The van der Waals surface area contributed by atoms with Gasteiger partial charge in [0.1, 0.15) is 11.3 Å². The van der Waals surface area contributed by atoms with Crippen molar-refractivity contribution in [2.45, 2.75) is 46.5 Å². The van der Waals surface area contributed by atoms with E-state index in [0.29, 0.717) is 37.4 Å². The molecule has 2 heterocycles. The Morgan fingerprint density at radius 3 is 2.59 bits per heavy atom. The normalized spacial score (nSPS) is 20.4. The quantitative estimate of drug-likeness (QED) is 0.742. The number of rotatable bonds is 7. The first kappa shape index (κ1) is 21.6. The average Bonchev–Trinajstić information content (AvgIpc) is 2.66. The molecular weight excluding hydrogens is 374 g/mol. The molecule has 3 rings (SSSR count). The Balaban J connectivity index is 1.83. The molecule has 0 amide bonds. The third kappa shape index (κ3) is 5.07. The van der Waals surface area contributed by atoms with Gasteiger partial charge in [0.2, 0.25) is 0 Å². The third-order valence-corrected chi connectivity index (χ3v) is 5.70. The molecule has 2 atom stereocenters. The molecule has 0 radical (unpaired) electrons. The molecule has 1 aromatic carbocycles. The Kier molecular flexibility index (Phi) is 6.46. The SMILES string of the molecule is C[C@H]1C[C@@H](CC(=O)CC(C)(C)CN)CN(c2ccc(C(F)F)c3nccnc23)C1. The Morgan fingerprint density at radius 1 is 1.24 bits per heavy atom. The number of halogens is 2. The number of piperidine rings is 1. The van der Waals surface area contributed by atoms with Crippen molar-refractivity contribution < 1.29 is 13.6 Å². The number of fused-ring (bicyclic) bond motifs is 1. The Hall–Kier alpha value is -2.15. The van der Waals surface area contributed by atoms with Crippen molar-refractivity contribution in [2.75, 3.05) is 24.5 Å². The summed E-state index contributed by atoms with van der Waals surface area (Å²) in [5.74, 6) is 0.851. The Morgan fingerprint density at radius 2 is 1.93 bits per heavy atom. The van der Waals surface area contributed by atoms with E-state index >= 15 is 0 Å². The highest BCUT2D eigenvalue weighted by molar-refractivity contribution is 5.90. The lowest BCUT2D eigenvalue weighted by Gasteiger charge is -2.38. The predicted octanol–water partition coefficient (Wildman–Crippen LogP) is 4.36. The van der Waals surface area contributed by atoms with Gasteiger partial charge in [0.05, 0.1) is 11.2 Å². The topological polar surface area (TPSA) is 72.1 Å². The molecule has 2 N–H and O–H groups in total. The van der Waals surface area contributed by atoms with E-state index < -0.39 is 6.43 Å². The minimum absolute atomic E-state index is 0.0994. The van der Waals surface area contributed by atoms with E-state index in [9.17, 15) is 13.6 Å². The molecular formula is C22H30F2N4O. The number of alkyl halides is 2. The van der Waals surface area contributed by atoms with Gasteiger partial charge < -0.3 is 10.6 Å². The van der Waals surface area contributed by atoms with Crippen LogP contribution >= 0.6 is 0 Å². The summed E-state index contributed by atoms with van der Waals surface area (Å²) in [5, 5.41) is 0. The summed E-state index contributed by atoms with van der Waals surface area (Å²) in [6.07, 6.45) is 2.35. The summed E-state index contributed by atoms with van der Waals surface area (Å²) in [5.41, 5.74) is 7.03. The van der Waals surface area contributed by atoms with Crippen molar-refractivity contribution in [3.05, 3.63) is 30.1 Å². The molecule has 0 saturated carbocycles. The van der Waals surface area contributed by atoms with Crippen LogP contribution in [-0.2, 0) is 4.79 Å². The van der Waals surface area contributed by atoms with Gasteiger partial charge in [-0.2, -0.15) is 0 Å². The van der Waals surface area contributed by atoms with Gasteiger partial charge in [-0.3, -0.25) is 14.8 Å². The van der Waals surface area contributed by atoms with Crippen LogP contribution in [-0.4, -0.2) is 35.4 Å². The van der Waals surface area contributed by atoms with E-state index in [2.05, 4.69) is 21.8 Å². The molecule has 7 heteroatoms. The summed E-state index contributed by atoms with van der Waals surface area (Å²) in [6.45, 7) is 8.17. The number of carbonyl (C=O) groups excluding carboxylic acids is 1. The van der Waals surface area contributed by atoms with Gasteiger partial charge >= 0.3 is 0 Å². The summed E-state index contributed by atoms with van der Waals surface area (Å²) in [4.78, 5) is 23.3. The van der Waals surface area contributed by atoms with Gasteiger partial charge in [-0.15, -0.1) is 0 Å². The lowest BCUT2D eigenvalue weighted by molar-refractivity contribution is -0.121. The maximum absolute atomic E-state index is 13.4. The maximum atomic E-state index is 13.4. The molecule has 1 aliphatic rings. The first-order valence-corrected chi connectivity index (χ1v) is 10.2. The molecule has 5 nitrogen and oxygen atoms in total. The van der Waals surface area contributed by atoms with Crippen molar-refractivity contribution in [1.82, 2.24) is 9.97 Å². The van der Waals surface area contributed by atoms with Crippen LogP contribution in [0.2, 0.25) is 0 Å². The summed E-state index contributed by atoms with van der Waals surface area (Å²) in [7, 11) is 0. The molecule has 0 spiro atoms. The molecule has 2 aromatic rings. The second kappa shape index (κ2) is 8.69. The zero-order valence-electron chi connectivity index (χ0n) is 17.4. The van der Waals surface area contributed by atoms with Crippen molar-refractivity contribution in [2.24, 2.45) is 23.0 Å². The van der Waals surface area contributed by atoms with Crippen molar-refractivity contribution in [3.8, 4) is 0 Å². The predicted molar refractivity (Wildman–Crippen MR) is 111 cm³/mol. The number of hydrogen-bond acceptors (Lipinski definition) is 5. The van der Waals surface area contributed by atoms with Crippen molar-refractivity contribution >= 4 is 22.5 Å². The highest BCUT2D eigenvalue weighted by atomic mass is 19.3. The summed E-state index contributed by atoms with van der Waals surface area (Å²) in [6, 6.07) is 3.16. The van der Waals surface area contributed by atoms with Gasteiger partial charge in [0.15, 0.2) is 0 Å². The monoisotopic (exact) mass is 404 g/mol. The Bertz CT molecular complexity index is 871. The van der Waals surface area contributed by atoms with Crippen molar-refractivity contribution in [1.29, 1.82) is 0 Å². The first-order valence-electron chi connectivity index (χ1n) is 10.2. The number of Topliss-reactive ketones (excluding diaryl/α,β-unsaturated/α-hetero) is 1. The minimum atomic E-state index is -2.60. The van der Waals surface area contributed by atoms with Gasteiger partial charge in [-0.25, -0.2) is 8.78 Å². The van der Waals surface area contributed by atoms with Crippen molar-refractivity contribution in [3.63, 3.8) is 0 Å². The fourth-order valence-electron chi connectivity index (χ4n) is 4.32. The van der Waals surface area contributed by atoms with Crippen LogP contribution in [0.1, 0.15) is 52.0 Å². The average molecular weight is 405 g/mol. The summed E-state index contributed by atoms with van der Waals surface area (Å²) >= 11 is 0. The number of nitrogens with two attached hydrogens (primary N) is 1. The largest absolute Gasteiger partial charge is 0.369 e. The second-order valence-corrected chi connectivity index (χ2v) is 9.13. The van der Waals surface area contributed by atoms with Crippen LogP contribution in [0.5, 0.6) is 0 Å². The number of hydrogen-bond donors (Lipinski definition) is 1. The lowest BCUT2D eigenvalue weighted by Crippen LogP contribution is -2.41. The van der Waals surface area contributed by atoms with E-state index in [4.69, 9.17) is 5.73 Å². The molecule has 158 valence electrons. The van der Waals surface area contributed by atoms with E-state index in [0.717, 1.165) is 18.7 Å². The highest BCUT2D eigenvalue weighted by Crippen LogP contribution is 2.35. The van der Waals surface area contributed by atoms with Crippen LogP contribution in [0.15, 0.2) is 24.5 Å². The first-order chi connectivity index (χ1) is 13.7. The standard InChI is InChI=1S/C22H30F2N4O/c1-14-8-15(9-16(29)10-22(2,3)13-25)12-28(11-14)18-5-4-17(21(23)24)19-20(18)27-7-6-26-19/h4-7,14-15,21H,8-13,25H2,1-3H3/t14-,15-/m0/s1. The van der Waals surface area contributed by atoms with E-state index in [1.54, 1.807) is 6.07 Å². The van der Waals surface area contributed by atoms with Gasteiger partial charge in [-0.1, -0.05) is 20.8 Å². The smallest absolute Gasteiger partial charge is 0.266 e. The Labute approximate surface area is 170 Å². The lowest BCUT2D eigenvalue weighted by atomic mass is 9.82. The molecule has 1 fully saturated rings. The second-order valence-electron chi connectivity index (χ2n) is 9.13. The fourth-order valence-corrected chi connectivity index (χ4v) is 4.32. The van der Waals surface area contributed by atoms with Crippen LogP contribution in [0.3, 0.4) is 0 Å². The van der Waals surface area contributed by atoms with Gasteiger partial charge in [0, 0.05) is 43.9 Å². The van der Waals surface area contributed by atoms with Gasteiger partial charge in [-0.05, 0) is 42.3 Å². The number of nitrogens with zero attached hydrogens (tertiary/aromatic N) is 3. The highest BCUT2D eigenvalue weighted by Gasteiger charge is 2.30. The van der Waals surface area contributed by atoms with Crippen LogP contribution in [0.25, 0.3) is 11.0 Å². The molecule has 0 bridgehead atoms. The fraction of sp³-hybridized carbons (Fsp3) is 0.591. The van der Waals surface area contributed by atoms with E-state index in [1.807, 2.05) is 13.8 Å². The van der Waals surface area contributed by atoms with E-state index in [1.165, 1.54) is 18.5 Å². The molecule has 0 unspecified atom stereocenters. The molecule has 1 saturated heterocycles. The van der Waals surface area contributed by atoms with Gasteiger partial charge in [0.25, 0.3) is 6.43 Å². The zero-order chi connectivity index (χ0) is 21.2. The minimum Gasteiger partial charge on any atom is -0.369 e. The zero-order valence-corrected chi connectivity index (χ0v) is 17.4. The molecule has 29 heavy (non-hydrogen) atoms. The third-order valence-electron chi connectivity index (χ3n) is 5.70. The molecule has 0 aliphatic carbocycles. The van der Waals surface area contributed by atoms with Crippen LogP contribution < -0.4 is 10.6 Å². The van der Waals surface area contributed by atoms with Crippen LogP contribution in [0, 0.1) is 17.3 Å². The molecule has 1 aliphatic heterocycles. The summed E-state index contributed by atoms with van der Waals surface area (Å²) < 4.78 is 26.8. The number of ketones is 1. The molecule has 1 aromatic heterocycles. The van der Waals surface area contributed by atoms with E-state index in [-0.39, 0.29) is 28.2 Å². The van der Waals surface area contributed by atoms with Crippen LogP contribution in [0.4, 0.5) is 14.5 Å².